The topological polar surface area (TPSA) is 45.0 Å². The van der Waals surface area contributed by atoms with Crippen molar-refractivity contribution >= 4 is 5.69 Å². The van der Waals surface area contributed by atoms with E-state index in [1.807, 2.05) is 31.2 Å². The number of rotatable bonds is 5. The highest BCUT2D eigenvalue weighted by atomic mass is 19.1. The van der Waals surface area contributed by atoms with Crippen molar-refractivity contribution in [2.24, 2.45) is 0 Å². The van der Waals surface area contributed by atoms with Crippen LogP contribution in [0.2, 0.25) is 0 Å². The Balaban J connectivity index is 2.24. The first kappa shape index (κ1) is 13.9. The lowest BCUT2D eigenvalue weighted by molar-refractivity contribution is 0.336. The van der Waals surface area contributed by atoms with E-state index < -0.39 is 6.04 Å². The quantitative estimate of drug-likeness (QED) is 0.896. The molecule has 1 N–H and O–H groups in total. The molecule has 0 bridgehead atoms. The third-order valence-electron chi connectivity index (χ3n) is 2.81. The molecule has 4 heteroatoms. The van der Waals surface area contributed by atoms with Crippen LogP contribution in [0.1, 0.15) is 18.5 Å². The Bertz CT molecular complexity index is 605. The Kier molecular flexibility index (Phi) is 4.56. The van der Waals surface area contributed by atoms with Gasteiger partial charge in [-0.05, 0) is 37.3 Å². The first-order valence-corrected chi connectivity index (χ1v) is 6.38. The van der Waals surface area contributed by atoms with Crippen molar-refractivity contribution < 1.29 is 9.13 Å². The maximum atomic E-state index is 12.9. The van der Waals surface area contributed by atoms with Crippen LogP contribution in [0, 0.1) is 17.1 Å². The van der Waals surface area contributed by atoms with Gasteiger partial charge in [0.2, 0.25) is 0 Å². The summed E-state index contributed by atoms with van der Waals surface area (Å²) < 4.78 is 18.4. The lowest BCUT2D eigenvalue weighted by Gasteiger charge is -2.16. The van der Waals surface area contributed by atoms with E-state index in [2.05, 4.69) is 11.4 Å². The summed E-state index contributed by atoms with van der Waals surface area (Å²) in [5, 5.41) is 12.4. The second kappa shape index (κ2) is 6.58. The van der Waals surface area contributed by atoms with Crippen LogP contribution in [-0.2, 0) is 0 Å². The summed E-state index contributed by atoms with van der Waals surface area (Å²) in [6.45, 7) is 2.43. The number of benzene rings is 2. The summed E-state index contributed by atoms with van der Waals surface area (Å²) >= 11 is 0. The van der Waals surface area contributed by atoms with Crippen LogP contribution in [0.15, 0.2) is 48.5 Å². The Hall–Kier alpha value is -2.54. The zero-order valence-corrected chi connectivity index (χ0v) is 11.1. The molecule has 0 aromatic heterocycles. The predicted molar refractivity (Wildman–Crippen MR) is 76.0 cm³/mol. The number of nitrogens with one attached hydrogen (secondary N) is 1. The minimum absolute atomic E-state index is 0.307. The lowest BCUT2D eigenvalue weighted by atomic mass is 10.1. The van der Waals surface area contributed by atoms with Gasteiger partial charge in [-0.3, -0.25) is 0 Å². The number of halogens is 1. The molecule has 0 saturated carbocycles. The van der Waals surface area contributed by atoms with Crippen LogP contribution in [0.4, 0.5) is 10.1 Å². The summed E-state index contributed by atoms with van der Waals surface area (Å²) in [7, 11) is 0. The van der Waals surface area contributed by atoms with Gasteiger partial charge in [0.05, 0.1) is 12.7 Å². The van der Waals surface area contributed by atoms with E-state index in [0.29, 0.717) is 18.0 Å². The van der Waals surface area contributed by atoms with Crippen LogP contribution in [-0.4, -0.2) is 6.61 Å². The Morgan fingerprint density at radius 3 is 2.55 bits per heavy atom. The molecule has 0 fully saturated rings. The molecular weight excluding hydrogens is 255 g/mol. The first-order valence-electron chi connectivity index (χ1n) is 6.38. The van der Waals surface area contributed by atoms with Crippen LogP contribution in [0.25, 0.3) is 0 Å². The Labute approximate surface area is 117 Å². The van der Waals surface area contributed by atoms with Crippen molar-refractivity contribution in [3.05, 3.63) is 59.9 Å². The van der Waals surface area contributed by atoms with Crippen LogP contribution in [0.5, 0.6) is 5.75 Å². The highest BCUT2D eigenvalue weighted by molar-refractivity contribution is 5.50. The van der Waals surface area contributed by atoms with Crippen molar-refractivity contribution in [3.63, 3.8) is 0 Å². The van der Waals surface area contributed by atoms with Crippen LogP contribution in [0.3, 0.4) is 0 Å². The minimum atomic E-state index is -0.553. The standard InChI is InChI=1S/C16H15FN2O/c1-2-20-16-6-4-3-5-14(16)15(11-18)19-13-9-7-12(17)8-10-13/h3-10,15,19H,2H2,1H3. The van der Waals surface area contributed by atoms with E-state index in [-0.39, 0.29) is 5.82 Å². The van der Waals surface area contributed by atoms with Gasteiger partial charge in [-0.25, -0.2) is 4.39 Å². The maximum absolute atomic E-state index is 12.9. The van der Waals surface area contributed by atoms with Gasteiger partial charge in [0.1, 0.15) is 17.6 Å². The second-order valence-corrected chi connectivity index (χ2v) is 4.18. The predicted octanol–water partition coefficient (Wildman–Crippen LogP) is 3.90. The van der Waals surface area contributed by atoms with Gasteiger partial charge >= 0.3 is 0 Å². The molecule has 20 heavy (non-hydrogen) atoms. The molecule has 0 saturated heterocycles. The molecule has 2 rings (SSSR count). The average Bonchev–Trinajstić information content (AvgIpc) is 2.48. The second-order valence-electron chi connectivity index (χ2n) is 4.18. The number of nitrogens with zero attached hydrogens (tertiary/aromatic N) is 1. The molecule has 3 nitrogen and oxygen atoms in total. The molecule has 2 aromatic rings. The van der Waals surface area contributed by atoms with E-state index in [4.69, 9.17) is 4.74 Å². The summed E-state index contributed by atoms with van der Waals surface area (Å²) in [4.78, 5) is 0. The molecule has 0 spiro atoms. The van der Waals surface area contributed by atoms with Gasteiger partial charge in [0.25, 0.3) is 0 Å². The van der Waals surface area contributed by atoms with E-state index in [1.54, 1.807) is 12.1 Å². The highest BCUT2D eigenvalue weighted by Gasteiger charge is 2.15. The van der Waals surface area contributed by atoms with Crippen molar-refractivity contribution in [1.82, 2.24) is 0 Å². The van der Waals surface area contributed by atoms with Crippen molar-refractivity contribution in [3.8, 4) is 11.8 Å². The van der Waals surface area contributed by atoms with Gasteiger partial charge in [-0.1, -0.05) is 18.2 Å². The zero-order chi connectivity index (χ0) is 14.4. The molecule has 2 aromatic carbocycles. The van der Waals surface area contributed by atoms with Gasteiger partial charge in [0.15, 0.2) is 0 Å². The molecule has 1 unspecified atom stereocenters. The van der Waals surface area contributed by atoms with Crippen LogP contribution < -0.4 is 10.1 Å². The number of hydrogen-bond acceptors (Lipinski definition) is 3. The smallest absolute Gasteiger partial charge is 0.143 e. The minimum Gasteiger partial charge on any atom is -0.493 e. The van der Waals surface area contributed by atoms with Crippen molar-refractivity contribution in [2.75, 3.05) is 11.9 Å². The molecule has 1 atom stereocenters. The molecule has 0 aliphatic rings. The summed E-state index contributed by atoms with van der Waals surface area (Å²) in [6.07, 6.45) is 0. The zero-order valence-electron chi connectivity index (χ0n) is 11.1. The molecule has 0 radical (unpaired) electrons. The van der Waals surface area contributed by atoms with Gasteiger partial charge in [-0.15, -0.1) is 0 Å². The summed E-state index contributed by atoms with van der Waals surface area (Å²) in [5.41, 5.74) is 1.45. The first-order chi connectivity index (χ1) is 9.74. The van der Waals surface area contributed by atoms with Crippen molar-refractivity contribution in [1.29, 1.82) is 5.26 Å². The average molecular weight is 270 g/mol. The van der Waals surface area contributed by atoms with Gasteiger partial charge < -0.3 is 10.1 Å². The third-order valence-corrected chi connectivity index (χ3v) is 2.81. The molecule has 0 amide bonds. The molecule has 0 heterocycles. The number of nitriles is 1. The molecule has 102 valence electrons. The summed E-state index contributed by atoms with van der Waals surface area (Å²) in [6, 6.07) is 14.9. The summed E-state index contributed by atoms with van der Waals surface area (Å²) in [5.74, 6) is 0.370. The number of anilines is 1. The lowest BCUT2D eigenvalue weighted by Crippen LogP contribution is -2.10. The number of hydrogen-bond donors (Lipinski definition) is 1. The third kappa shape index (κ3) is 3.27. The maximum Gasteiger partial charge on any atom is 0.143 e. The number of ether oxygens (including phenoxy) is 1. The van der Waals surface area contributed by atoms with E-state index in [0.717, 1.165) is 5.56 Å². The molecule has 0 aliphatic carbocycles. The fourth-order valence-corrected chi connectivity index (χ4v) is 1.90. The fourth-order valence-electron chi connectivity index (χ4n) is 1.90. The van der Waals surface area contributed by atoms with E-state index in [1.165, 1.54) is 12.1 Å². The highest BCUT2D eigenvalue weighted by Crippen LogP contribution is 2.27. The van der Waals surface area contributed by atoms with E-state index >= 15 is 0 Å². The molecule has 0 aliphatic heterocycles. The Morgan fingerprint density at radius 1 is 1.20 bits per heavy atom. The van der Waals surface area contributed by atoms with E-state index in [9.17, 15) is 9.65 Å². The normalized spacial score (nSPS) is 11.4. The molecular formula is C16H15FN2O. The van der Waals surface area contributed by atoms with Gasteiger partial charge in [0, 0.05) is 11.3 Å². The number of para-hydroxylation sites is 1. The van der Waals surface area contributed by atoms with Gasteiger partial charge in [-0.2, -0.15) is 5.26 Å². The fraction of sp³-hybridized carbons (Fsp3) is 0.188. The SMILES string of the molecule is CCOc1ccccc1C(C#N)Nc1ccc(F)cc1. The van der Waals surface area contributed by atoms with Crippen molar-refractivity contribution in [2.45, 2.75) is 13.0 Å². The Morgan fingerprint density at radius 2 is 1.90 bits per heavy atom. The van der Waals surface area contributed by atoms with Crippen LogP contribution >= 0.6 is 0 Å². The largest absolute Gasteiger partial charge is 0.493 e. The monoisotopic (exact) mass is 270 g/mol.